The first-order valence-electron chi connectivity index (χ1n) is 11.3. The monoisotopic (exact) mass is 346 g/mol. The molecule has 0 aromatic rings. The quantitative estimate of drug-likeness (QED) is 0.427. The summed E-state index contributed by atoms with van der Waals surface area (Å²) in [4.78, 5) is 0. The zero-order valence-electron chi connectivity index (χ0n) is 16.0. The molecule has 0 aromatic carbocycles. The molecule has 2 nitrogen and oxygen atoms in total. The summed E-state index contributed by atoms with van der Waals surface area (Å²) in [6, 6.07) is 0. The lowest BCUT2D eigenvalue weighted by Gasteiger charge is -2.35. The van der Waals surface area contributed by atoms with E-state index in [1.54, 1.807) is 0 Å². The molecule has 1 saturated heterocycles. The fraction of sp³-hybridized carbons (Fsp3) is 0.913. The Balaban J connectivity index is 1.12. The van der Waals surface area contributed by atoms with Crippen LogP contribution in [0, 0.1) is 29.6 Å². The third-order valence-electron chi connectivity index (χ3n) is 7.50. The van der Waals surface area contributed by atoms with Crippen LogP contribution in [0.2, 0.25) is 0 Å². The minimum atomic E-state index is 0.140. The number of hydrogen-bond donors (Lipinski definition) is 0. The van der Waals surface area contributed by atoms with E-state index in [1.165, 1.54) is 83.5 Å². The minimum absolute atomic E-state index is 0.140. The summed E-state index contributed by atoms with van der Waals surface area (Å²) >= 11 is 0. The number of allylic oxidation sites excluding steroid dienone is 2. The fourth-order valence-corrected chi connectivity index (χ4v) is 5.65. The largest absolute Gasteiger partial charge is 0.350 e. The molecule has 0 spiro atoms. The van der Waals surface area contributed by atoms with Crippen molar-refractivity contribution in [2.24, 2.45) is 29.6 Å². The lowest BCUT2D eigenvalue weighted by molar-refractivity contribution is 0.0180. The second kappa shape index (κ2) is 9.04. The second-order valence-electron chi connectivity index (χ2n) is 9.33. The van der Waals surface area contributed by atoms with Crippen molar-refractivity contribution in [2.45, 2.75) is 89.8 Å². The lowest BCUT2D eigenvalue weighted by atomic mass is 9.71. The van der Waals surface area contributed by atoms with Gasteiger partial charge in [0.2, 0.25) is 0 Å². The average Bonchev–Trinajstić information content (AvgIpc) is 3.51. The zero-order valence-corrected chi connectivity index (χ0v) is 16.0. The Morgan fingerprint density at radius 2 is 1.24 bits per heavy atom. The first-order valence-corrected chi connectivity index (χ1v) is 11.3. The Kier molecular flexibility index (Phi) is 6.52. The van der Waals surface area contributed by atoms with Gasteiger partial charge in [0.15, 0.2) is 6.29 Å². The summed E-state index contributed by atoms with van der Waals surface area (Å²) in [5.74, 6) is 4.64. The van der Waals surface area contributed by atoms with Crippen LogP contribution in [-0.4, -0.2) is 19.5 Å². The fourth-order valence-electron chi connectivity index (χ4n) is 5.65. The van der Waals surface area contributed by atoms with E-state index in [2.05, 4.69) is 12.2 Å². The Morgan fingerprint density at radius 3 is 1.84 bits per heavy atom. The SMILES string of the molecule is C(=C\C1CCC(C2CCCCC2)CC1)/C1CCC(COC2CO2)CC1. The molecule has 0 bridgehead atoms. The number of epoxide rings is 1. The molecule has 142 valence electrons. The van der Waals surface area contributed by atoms with Crippen molar-refractivity contribution in [3.8, 4) is 0 Å². The Morgan fingerprint density at radius 1 is 0.680 bits per heavy atom. The molecule has 0 N–H and O–H groups in total. The molecule has 3 aliphatic carbocycles. The van der Waals surface area contributed by atoms with Crippen molar-refractivity contribution >= 4 is 0 Å². The number of rotatable bonds is 6. The topological polar surface area (TPSA) is 21.8 Å². The van der Waals surface area contributed by atoms with Crippen LogP contribution < -0.4 is 0 Å². The maximum absolute atomic E-state index is 5.70. The van der Waals surface area contributed by atoms with Gasteiger partial charge in [-0.05, 0) is 81.0 Å². The van der Waals surface area contributed by atoms with Crippen LogP contribution in [0.4, 0.5) is 0 Å². The molecular weight excluding hydrogens is 308 g/mol. The standard InChI is InChI=1S/C23H38O2/c1-2-4-21(5-3-1)22-14-12-19(13-15-22)7-6-18-8-10-20(11-9-18)16-24-23-17-25-23/h6-7,18-23H,1-5,8-17H2/b7-6+. The molecule has 1 unspecified atom stereocenters. The van der Waals surface area contributed by atoms with Gasteiger partial charge in [-0.3, -0.25) is 0 Å². The third-order valence-corrected chi connectivity index (χ3v) is 7.50. The Hall–Kier alpha value is -0.340. The summed E-state index contributed by atoms with van der Waals surface area (Å²) in [6.45, 7) is 1.74. The molecule has 1 aliphatic heterocycles. The molecule has 4 aliphatic rings. The van der Waals surface area contributed by atoms with E-state index in [0.29, 0.717) is 0 Å². The molecule has 1 heterocycles. The van der Waals surface area contributed by atoms with Crippen molar-refractivity contribution in [3.05, 3.63) is 12.2 Å². The van der Waals surface area contributed by atoms with E-state index in [1.807, 2.05) is 0 Å². The highest BCUT2D eigenvalue weighted by Crippen LogP contribution is 2.40. The van der Waals surface area contributed by atoms with Gasteiger partial charge in [0.05, 0.1) is 6.61 Å². The average molecular weight is 347 g/mol. The third kappa shape index (κ3) is 5.57. The van der Waals surface area contributed by atoms with E-state index < -0.39 is 0 Å². The highest BCUT2D eigenvalue weighted by molar-refractivity contribution is 4.96. The predicted molar refractivity (Wildman–Crippen MR) is 102 cm³/mol. The molecule has 4 fully saturated rings. The van der Waals surface area contributed by atoms with Crippen LogP contribution in [0.3, 0.4) is 0 Å². The maximum atomic E-state index is 5.70. The van der Waals surface area contributed by atoms with E-state index in [-0.39, 0.29) is 6.29 Å². The first kappa shape index (κ1) is 18.0. The van der Waals surface area contributed by atoms with Gasteiger partial charge in [0, 0.05) is 0 Å². The van der Waals surface area contributed by atoms with Gasteiger partial charge in [-0.15, -0.1) is 0 Å². The molecule has 25 heavy (non-hydrogen) atoms. The molecule has 2 heteroatoms. The van der Waals surface area contributed by atoms with Crippen molar-refractivity contribution in [1.82, 2.24) is 0 Å². The molecular formula is C23H38O2. The molecule has 3 saturated carbocycles. The zero-order chi connectivity index (χ0) is 16.9. The van der Waals surface area contributed by atoms with Gasteiger partial charge in [-0.25, -0.2) is 0 Å². The summed E-state index contributed by atoms with van der Waals surface area (Å²) in [6.07, 6.45) is 24.3. The normalized spacial score (nSPS) is 40.4. The van der Waals surface area contributed by atoms with Crippen molar-refractivity contribution in [3.63, 3.8) is 0 Å². The predicted octanol–water partition coefficient (Wildman–Crippen LogP) is 6.11. The molecule has 0 radical (unpaired) electrons. The summed E-state index contributed by atoms with van der Waals surface area (Å²) in [5.41, 5.74) is 0. The van der Waals surface area contributed by atoms with Gasteiger partial charge in [0.25, 0.3) is 0 Å². The number of hydrogen-bond acceptors (Lipinski definition) is 2. The first-order chi connectivity index (χ1) is 12.4. The summed E-state index contributed by atoms with van der Waals surface area (Å²) < 4.78 is 10.8. The van der Waals surface area contributed by atoms with Crippen molar-refractivity contribution in [1.29, 1.82) is 0 Å². The van der Waals surface area contributed by atoms with Crippen molar-refractivity contribution < 1.29 is 9.47 Å². The van der Waals surface area contributed by atoms with E-state index in [0.717, 1.165) is 42.8 Å². The maximum Gasteiger partial charge on any atom is 0.181 e. The molecule has 4 rings (SSSR count). The van der Waals surface area contributed by atoms with Crippen LogP contribution in [0.1, 0.15) is 83.5 Å². The van der Waals surface area contributed by atoms with Gasteiger partial charge >= 0.3 is 0 Å². The molecule has 1 atom stereocenters. The van der Waals surface area contributed by atoms with E-state index >= 15 is 0 Å². The summed E-state index contributed by atoms with van der Waals surface area (Å²) in [5, 5.41) is 0. The van der Waals surface area contributed by atoms with E-state index in [9.17, 15) is 0 Å². The highest BCUT2D eigenvalue weighted by Gasteiger charge is 2.28. The Bertz CT molecular complexity index is 406. The lowest BCUT2D eigenvalue weighted by Crippen LogP contribution is -2.23. The second-order valence-corrected chi connectivity index (χ2v) is 9.33. The van der Waals surface area contributed by atoms with Crippen molar-refractivity contribution in [2.75, 3.05) is 13.2 Å². The van der Waals surface area contributed by atoms with Crippen LogP contribution in [0.25, 0.3) is 0 Å². The van der Waals surface area contributed by atoms with Gasteiger partial charge in [-0.2, -0.15) is 0 Å². The van der Waals surface area contributed by atoms with E-state index in [4.69, 9.17) is 9.47 Å². The van der Waals surface area contributed by atoms with Crippen LogP contribution >= 0.6 is 0 Å². The van der Waals surface area contributed by atoms with Crippen LogP contribution in [-0.2, 0) is 9.47 Å². The molecule has 0 amide bonds. The van der Waals surface area contributed by atoms with Gasteiger partial charge in [0.1, 0.15) is 6.61 Å². The smallest absolute Gasteiger partial charge is 0.181 e. The van der Waals surface area contributed by atoms with Gasteiger partial charge < -0.3 is 9.47 Å². The minimum Gasteiger partial charge on any atom is -0.350 e. The molecule has 0 aromatic heterocycles. The van der Waals surface area contributed by atoms with Crippen LogP contribution in [0.5, 0.6) is 0 Å². The summed E-state index contributed by atoms with van der Waals surface area (Å²) in [7, 11) is 0. The Labute approximate surface area is 154 Å². The van der Waals surface area contributed by atoms with Crippen LogP contribution in [0.15, 0.2) is 12.2 Å². The number of ether oxygens (including phenoxy) is 2. The van der Waals surface area contributed by atoms with Gasteiger partial charge in [-0.1, -0.05) is 44.3 Å². The highest BCUT2D eigenvalue weighted by atomic mass is 16.8.